The fourth-order valence-electron chi connectivity index (χ4n) is 3.64. The maximum atomic E-state index is 6.04. The molecule has 3 unspecified atom stereocenters. The highest BCUT2D eigenvalue weighted by Gasteiger charge is 2.29. The number of hydrogen-bond acceptors (Lipinski definition) is 4. The monoisotopic (exact) mass is 513 g/mol. The molecular weight excluding hydrogens is 481 g/mol. The van der Waals surface area contributed by atoms with Crippen LogP contribution in [0.25, 0.3) is 0 Å². The largest absolute Gasteiger partial charge is 0.493 e. The zero-order valence-corrected chi connectivity index (χ0v) is 19.9. The van der Waals surface area contributed by atoms with Crippen LogP contribution >= 0.6 is 24.0 Å². The molecule has 0 amide bonds. The van der Waals surface area contributed by atoms with Crippen LogP contribution in [0.2, 0.25) is 0 Å². The van der Waals surface area contributed by atoms with Gasteiger partial charge >= 0.3 is 0 Å². The van der Waals surface area contributed by atoms with Crippen molar-refractivity contribution in [2.24, 2.45) is 10.9 Å². The SMILES string of the molecule is CN=C(NCC(C)Oc1ccccc1OC)N1CCC(C)C(n2ccnc2)C1.I. The molecule has 0 saturated carbocycles. The molecule has 3 atom stereocenters. The van der Waals surface area contributed by atoms with Gasteiger partial charge in [-0.25, -0.2) is 4.98 Å². The molecule has 7 nitrogen and oxygen atoms in total. The summed E-state index contributed by atoms with van der Waals surface area (Å²) in [5.41, 5.74) is 0. The second kappa shape index (κ2) is 11.3. The highest BCUT2D eigenvalue weighted by atomic mass is 127. The number of nitrogens with zero attached hydrogens (tertiary/aromatic N) is 4. The molecule has 8 heteroatoms. The van der Waals surface area contributed by atoms with Gasteiger partial charge < -0.3 is 24.3 Å². The number of para-hydroxylation sites is 2. The minimum absolute atomic E-state index is 0. The van der Waals surface area contributed by atoms with Crippen molar-refractivity contribution < 1.29 is 9.47 Å². The summed E-state index contributed by atoms with van der Waals surface area (Å²) in [5, 5.41) is 3.46. The fraction of sp³-hybridized carbons (Fsp3) is 0.524. The van der Waals surface area contributed by atoms with Crippen LogP contribution in [-0.4, -0.2) is 60.3 Å². The molecule has 1 fully saturated rings. The number of methoxy groups -OCH3 is 1. The van der Waals surface area contributed by atoms with E-state index >= 15 is 0 Å². The third kappa shape index (κ3) is 6.01. The second-order valence-corrected chi connectivity index (χ2v) is 7.30. The van der Waals surface area contributed by atoms with Crippen molar-refractivity contribution in [1.29, 1.82) is 0 Å². The smallest absolute Gasteiger partial charge is 0.193 e. The summed E-state index contributed by atoms with van der Waals surface area (Å²) in [6, 6.07) is 8.11. The van der Waals surface area contributed by atoms with Gasteiger partial charge in [0.25, 0.3) is 0 Å². The number of ether oxygens (including phenoxy) is 2. The van der Waals surface area contributed by atoms with Crippen molar-refractivity contribution in [3.8, 4) is 11.5 Å². The quantitative estimate of drug-likeness (QED) is 0.365. The zero-order chi connectivity index (χ0) is 19.9. The van der Waals surface area contributed by atoms with Crippen LogP contribution in [0, 0.1) is 5.92 Å². The molecule has 0 spiro atoms. The number of aliphatic imine (C=N–C) groups is 1. The van der Waals surface area contributed by atoms with Gasteiger partial charge in [0.1, 0.15) is 6.10 Å². The predicted molar refractivity (Wildman–Crippen MR) is 126 cm³/mol. The van der Waals surface area contributed by atoms with E-state index in [9.17, 15) is 0 Å². The first kappa shape index (κ1) is 23.3. The van der Waals surface area contributed by atoms with Crippen LogP contribution in [-0.2, 0) is 0 Å². The van der Waals surface area contributed by atoms with E-state index in [1.54, 1.807) is 7.11 Å². The van der Waals surface area contributed by atoms with Gasteiger partial charge in [-0.15, -0.1) is 24.0 Å². The van der Waals surface area contributed by atoms with E-state index in [0.29, 0.717) is 18.5 Å². The number of benzene rings is 1. The molecule has 3 rings (SSSR count). The molecule has 2 aromatic rings. The molecule has 2 heterocycles. The standard InChI is InChI=1S/C21H31N5O2.HI/c1-16-9-11-25(14-18(16)26-12-10-23-15-26)21(22-3)24-13-17(2)28-20-8-6-5-7-19(20)27-4;/h5-8,10,12,15-18H,9,11,13-14H2,1-4H3,(H,22,24);1H. The average molecular weight is 513 g/mol. The lowest BCUT2D eigenvalue weighted by atomic mass is 9.93. The highest BCUT2D eigenvalue weighted by molar-refractivity contribution is 14.0. The number of imidazole rings is 1. The summed E-state index contributed by atoms with van der Waals surface area (Å²) in [7, 11) is 3.49. The highest BCUT2D eigenvalue weighted by Crippen LogP contribution is 2.28. The van der Waals surface area contributed by atoms with Crippen LogP contribution in [0.1, 0.15) is 26.3 Å². The Labute approximate surface area is 190 Å². The number of likely N-dealkylation sites (tertiary alicyclic amines) is 1. The fourth-order valence-corrected chi connectivity index (χ4v) is 3.64. The Hall–Kier alpha value is -1.97. The van der Waals surface area contributed by atoms with E-state index in [2.05, 4.69) is 31.7 Å². The van der Waals surface area contributed by atoms with E-state index in [0.717, 1.165) is 37.0 Å². The minimum atomic E-state index is -0.0267. The molecular formula is C21H32IN5O2. The molecule has 0 bridgehead atoms. The minimum Gasteiger partial charge on any atom is -0.493 e. The third-order valence-corrected chi connectivity index (χ3v) is 5.28. The van der Waals surface area contributed by atoms with Crippen molar-refractivity contribution in [1.82, 2.24) is 19.8 Å². The van der Waals surface area contributed by atoms with Gasteiger partial charge in [0.15, 0.2) is 17.5 Å². The Balaban J connectivity index is 0.00000300. The Morgan fingerprint density at radius 1 is 1.34 bits per heavy atom. The number of rotatable bonds is 6. The van der Waals surface area contributed by atoms with E-state index in [1.807, 2.05) is 57.0 Å². The molecule has 1 aromatic carbocycles. The maximum absolute atomic E-state index is 6.04. The first-order valence-corrected chi connectivity index (χ1v) is 9.85. The lowest BCUT2D eigenvalue weighted by molar-refractivity contribution is 0.183. The Bertz CT molecular complexity index is 768. The summed E-state index contributed by atoms with van der Waals surface area (Å²) in [5.74, 6) is 3.01. The lowest BCUT2D eigenvalue weighted by Gasteiger charge is -2.39. The number of hydrogen-bond donors (Lipinski definition) is 1. The molecule has 1 saturated heterocycles. The third-order valence-electron chi connectivity index (χ3n) is 5.28. The normalized spacial score (nSPS) is 20.6. The van der Waals surface area contributed by atoms with Crippen molar-refractivity contribution in [2.45, 2.75) is 32.4 Å². The van der Waals surface area contributed by atoms with Gasteiger partial charge in [0.05, 0.1) is 26.0 Å². The van der Waals surface area contributed by atoms with Crippen LogP contribution in [0.5, 0.6) is 11.5 Å². The summed E-state index contributed by atoms with van der Waals surface area (Å²) >= 11 is 0. The van der Waals surface area contributed by atoms with Gasteiger partial charge in [-0.05, 0) is 31.4 Å². The zero-order valence-electron chi connectivity index (χ0n) is 17.6. The van der Waals surface area contributed by atoms with Crippen molar-refractivity contribution in [3.63, 3.8) is 0 Å². The first-order valence-electron chi connectivity index (χ1n) is 9.85. The molecule has 0 aliphatic carbocycles. The van der Waals surface area contributed by atoms with Crippen molar-refractivity contribution >= 4 is 29.9 Å². The summed E-state index contributed by atoms with van der Waals surface area (Å²) in [6.07, 6.45) is 6.89. The number of halogens is 1. The number of nitrogens with one attached hydrogen (secondary N) is 1. The van der Waals surface area contributed by atoms with Crippen molar-refractivity contribution in [3.05, 3.63) is 43.0 Å². The number of guanidine groups is 1. The predicted octanol–water partition coefficient (Wildman–Crippen LogP) is 3.44. The molecule has 1 N–H and O–H groups in total. The maximum Gasteiger partial charge on any atom is 0.193 e. The van der Waals surface area contributed by atoms with E-state index in [4.69, 9.17) is 9.47 Å². The van der Waals surface area contributed by atoms with E-state index in [1.165, 1.54) is 0 Å². The molecule has 0 radical (unpaired) electrons. The van der Waals surface area contributed by atoms with Gasteiger partial charge in [0.2, 0.25) is 0 Å². The average Bonchev–Trinajstić information content (AvgIpc) is 3.24. The molecule has 1 aromatic heterocycles. The van der Waals surface area contributed by atoms with E-state index < -0.39 is 0 Å². The van der Waals surface area contributed by atoms with Gasteiger partial charge in [0, 0.05) is 32.5 Å². The Morgan fingerprint density at radius 3 is 2.76 bits per heavy atom. The van der Waals surface area contributed by atoms with Gasteiger partial charge in [-0.3, -0.25) is 4.99 Å². The van der Waals surface area contributed by atoms with Crippen LogP contribution < -0.4 is 14.8 Å². The summed E-state index contributed by atoms with van der Waals surface area (Å²) in [4.78, 5) is 11.0. The summed E-state index contributed by atoms with van der Waals surface area (Å²) in [6.45, 7) is 6.92. The van der Waals surface area contributed by atoms with E-state index in [-0.39, 0.29) is 30.1 Å². The summed E-state index contributed by atoms with van der Waals surface area (Å²) < 4.78 is 13.6. The number of piperidine rings is 1. The molecule has 160 valence electrons. The molecule has 29 heavy (non-hydrogen) atoms. The Kier molecular flexibility index (Phi) is 9.06. The molecule has 1 aliphatic rings. The lowest BCUT2D eigenvalue weighted by Crippen LogP contribution is -2.50. The Morgan fingerprint density at radius 2 is 2.10 bits per heavy atom. The van der Waals surface area contributed by atoms with Crippen molar-refractivity contribution in [2.75, 3.05) is 33.8 Å². The number of aromatic nitrogens is 2. The van der Waals surface area contributed by atoms with Gasteiger partial charge in [-0.2, -0.15) is 0 Å². The van der Waals surface area contributed by atoms with Crippen LogP contribution in [0.3, 0.4) is 0 Å². The van der Waals surface area contributed by atoms with Crippen LogP contribution in [0.4, 0.5) is 0 Å². The van der Waals surface area contributed by atoms with Gasteiger partial charge in [-0.1, -0.05) is 19.1 Å². The topological polar surface area (TPSA) is 63.9 Å². The second-order valence-electron chi connectivity index (χ2n) is 7.30. The first-order chi connectivity index (χ1) is 13.6. The molecule has 1 aliphatic heterocycles. The van der Waals surface area contributed by atoms with Crippen LogP contribution in [0.15, 0.2) is 48.0 Å².